The Morgan fingerprint density at radius 1 is 0.917 bits per heavy atom. The average Bonchev–Trinajstić information content (AvgIpc) is 2.52. The van der Waals surface area contributed by atoms with E-state index < -0.39 is 30.5 Å². The van der Waals surface area contributed by atoms with E-state index in [0.717, 1.165) is 51.8 Å². The van der Waals surface area contributed by atoms with Crippen molar-refractivity contribution >= 4 is 24.3 Å². The molecule has 0 heterocycles. The summed E-state index contributed by atoms with van der Waals surface area (Å²) >= 11 is -3.45. The Bertz CT molecular complexity index is 370. The van der Waals surface area contributed by atoms with E-state index in [2.05, 4.69) is 0 Å². The van der Waals surface area contributed by atoms with E-state index in [1.807, 2.05) is 20.8 Å². The van der Waals surface area contributed by atoms with Crippen molar-refractivity contribution in [2.24, 2.45) is 0 Å². The van der Waals surface area contributed by atoms with Crippen molar-refractivity contribution < 1.29 is 22.7 Å². The van der Waals surface area contributed by atoms with Crippen LogP contribution >= 0.6 is 0 Å². The SMILES string of the molecule is CCC[CH2][Sn]([CH2]CCC)([CH2]CCC)/[C](=C\C(F)(F)F)C(=O)OCC. The first-order chi connectivity index (χ1) is 11.3. The van der Waals surface area contributed by atoms with Gasteiger partial charge in [-0.1, -0.05) is 0 Å². The van der Waals surface area contributed by atoms with Crippen LogP contribution < -0.4 is 0 Å². The first-order valence-corrected chi connectivity index (χ1v) is 16.7. The van der Waals surface area contributed by atoms with Crippen molar-refractivity contribution in [2.75, 3.05) is 6.61 Å². The Balaban J connectivity index is 5.96. The average molecular weight is 457 g/mol. The number of allylic oxidation sites excluding steroid dienone is 1. The van der Waals surface area contributed by atoms with Gasteiger partial charge in [-0.15, -0.1) is 0 Å². The van der Waals surface area contributed by atoms with Crippen LogP contribution in [0.25, 0.3) is 0 Å². The van der Waals surface area contributed by atoms with Gasteiger partial charge in [0.05, 0.1) is 0 Å². The Hall–Kier alpha value is -0.201. The molecule has 0 bridgehead atoms. The Labute approximate surface area is 149 Å². The summed E-state index contributed by atoms with van der Waals surface area (Å²) in [6, 6.07) is 0. The summed E-state index contributed by atoms with van der Waals surface area (Å²) in [5.41, 5.74) is 0. The van der Waals surface area contributed by atoms with Crippen molar-refractivity contribution in [1.29, 1.82) is 0 Å². The van der Waals surface area contributed by atoms with E-state index in [9.17, 15) is 18.0 Å². The van der Waals surface area contributed by atoms with Gasteiger partial charge in [-0.25, -0.2) is 0 Å². The standard InChI is InChI=1S/C6H6F3O2.3C4H9.Sn/c1-2-11-5(10)3-4-6(7,8)9;3*1-3-4-2;/h4H,2H2,1H3;3*1,3-4H2,2H3;. The number of hydrogen-bond acceptors (Lipinski definition) is 2. The van der Waals surface area contributed by atoms with Gasteiger partial charge in [-0.3, -0.25) is 0 Å². The zero-order chi connectivity index (χ0) is 18.6. The molecular formula is C18H33F3O2Sn. The second-order valence-corrected chi connectivity index (χ2v) is 19.5. The van der Waals surface area contributed by atoms with E-state index in [-0.39, 0.29) is 10.2 Å². The maximum absolute atomic E-state index is 13.2. The molecule has 0 aromatic rings. The van der Waals surface area contributed by atoms with Crippen LogP contribution in [0.5, 0.6) is 0 Å². The van der Waals surface area contributed by atoms with Crippen molar-refractivity contribution in [3.8, 4) is 0 Å². The second-order valence-electron chi connectivity index (χ2n) is 6.41. The number of carbonyl (C=O) groups excluding carboxylic acids is 1. The minimum atomic E-state index is -4.46. The van der Waals surface area contributed by atoms with Crippen LogP contribution in [0.4, 0.5) is 13.2 Å². The predicted molar refractivity (Wildman–Crippen MR) is 95.7 cm³/mol. The van der Waals surface area contributed by atoms with Gasteiger partial charge in [-0.05, 0) is 0 Å². The quantitative estimate of drug-likeness (QED) is 0.192. The third-order valence-corrected chi connectivity index (χ3v) is 19.9. The fraction of sp³-hybridized carbons (Fsp3) is 0.833. The molecule has 0 aliphatic heterocycles. The summed E-state index contributed by atoms with van der Waals surface area (Å²) in [5.74, 6) is -0.714. The molecule has 0 amide bonds. The van der Waals surface area contributed by atoms with Gasteiger partial charge >= 0.3 is 149 Å². The minimum absolute atomic E-state index is 0.0361. The van der Waals surface area contributed by atoms with E-state index in [1.165, 1.54) is 0 Å². The van der Waals surface area contributed by atoms with Gasteiger partial charge in [0.25, 0.3) is 0 Å². The molecule has 0 spiro atoms. The fourth-order valence-electron chi connectivity index (χ4n) is 3.13. The number of ether oxygens (including phenoxy) is 1. The molecule has 0 rings (SSSR count). The first kappa shape index (κ1) is 23.8. The van der Waals surface area contributed by atoms with Crippen molar-refractivity contribution in [1.82, 2.24) is 0 Å². The molecule has 0 unspecified atom stereocenters. The molecule has 142 valence electrons. The normalized spacial score (nSPS) is 13.2. The summed E-state index contributed by atoms with van der Waals surface area (Å²) in [6.45, 7) is 7.91. The van der Waals surface area contributed by atoms with Gasteiger partial charge in [0.15, 0.2) is 0 Å². The molecule has 2 nitrogen and oxygen atoms in total. The second kappa shape index (κ2) is 12.2. The number of esters is 1. The van der Waals surface area contributed by atoms with Crippen LogP contribution in [-0.2, 0) is 9.53 Å². The third-order valence-electron chi connectivity index (χ3n) is 4.40. The van der Waals surface area contributed by atoms with Gasteiger partial charge in [-0.2, -0.15) is 0 Å². The molecule has 0 N–H and O–H groups in total. The van der Waals surface area contributed by atoms with Crippen LogP contribution in [0, 0.1) is 0 Å². The number of hydrogen-bond donors (Lipinski definition) is 0. The van der Waals surface area contributed by atoms with Crippen LogP contribution in [-0.4, -0.2) is 37.1 Å². The Morgan fingerprint density at radius 2 is 1.33 bits per heavy atom. The van der Waals surface area contributed by atoms with Crippen molar-refractivity contribution in [2.45, 2.75) is 85.7 Å². The maximum atomic E-state index is 13.2. The predicted octanol–water partition coefficient (Wildman–Crippen LogP) is 6.43. The Kier molecular flexibility index (Phi) is 12.1. The van der Waals surface area contributed by atoms with Gasteiger partial charge in [0.1, 0.15) is 0 Å². The van der Waals surface area contributed by atoms with Gasteiger partial charge in [0.2, 0.25) is 0 Å². The zero-order valence-electron chi connectivity index (χ0n) is 15.6. The van der Waals surface area contributed by atoms with Crippen LogP contribution in [0.2, 0.25) is 13.3 Å². The van der Waals surface area contributed by atoms with Crippen LogP contribution in [0.15, 0.2) is 9.67 Å². The van der Waals surface area contributed by atoms with Crippen molar-refractivity contribution in [3.05, 3.63) is 9.67 Å². The molecule has 0 saturated carbocycles. The molecule has 0 aromatic carbocycles. The van der Waals surface area contributed by atoms with Gasteiger partial charge < -0.3 is 0 Å². The third kappa shape index (κ3) is 8.77. The molecule has 0 atom stereocenters. The van der Waals surface area contributed by atoms with Crippen LogP contribution in [0.1, 0.15) is 66.2 Å². The molecule has 24 heavy (non-hydrogen) atoms. The number of carbonyl (C=O) groups is 1. The molecule has 0 fully saturated rings. The zero-order valence-corrected chi connectivity index (χ0v) is 18.5. The fourth-order valence-corrected chi connectivity index (χ4v) is 19.2. The van der Waals surface area contributed by atoms with Crippen LogP contribution in [0.3, 0.4) is 0 Å². The van der Waals surface area contributed by atoms with Crippen molar-refractivity contribution in [3.63, 3.8) is 0 Å². The summed E-state index contributed by atoms with van der Waals surface area (Å²) < 4.78 is 47.0. The Morgan fingerprint density at radius 3 is 1.62 bits per heavy atom. The van der Waals surface area contributed by atoms with E-state index in [1.54, 1.807) is 6.92 Å². The molecule has 0 aliphatic rings. The molecule has 0 aromatic heterocycles. The molecule has 0 aliphatic carbocycles. The molecule has 0 radical (unpaired) electrons. The first-order valence-electron chi connectivity index (χ1n) is 9.23. The number of halogens is 3. The number of alkyl halides is 3. The number of rotatable bonds is 12. The molecular weight excluding hydrogens is 424 g/mol. The van der Waals surface area contributed by atoms with E-state index in [0.29, 0.717) is 6.08 Å². The molecule has 0 saturated heterocycles. The summed E-state index contributed by atoms with van der Waals surface area (Å²) in [5, 5.41) is 0. The van der Waals surface area contributed by atoms with E-state index in [4.69, 9.17) is 4.74 Å². The topological polar surface area (TPSA) is 26.3 Å². The summed E-state index contributed by atoms with van der Waals surface area (Å²) in [7, 11) is 0. The van der Waals surface area contributed by atoms with E-state index >= 15 is 0 Å². The summed E-state index contributed by atoms with van der Waals surface area (Å²) in [6.07, 6.45) is 1.36. The van der Waals surface area contributed by atoms with Gasteiger partial charge in [0, 0.05) is 0 Å². The number of unbranched alkanes of at least 4 members (excludes halogenated alkanes) is 3. The summed E-state index contributed by atoms with van der Waals surface area (Å²) in [4.78, 5) is 12.4. The molecule has 6 heteroatoms. The monoisotopic (exact) mass is 458 g/mol.